The highest BCUT2D eigenvalue weighted by atomic mass is 35.5. The quantitative estimate of drug-likeness (QED) is 0.752. The highest BCUT2D eigenvalue weighted by Crippen LogP contribution is 2.26. The van der Waals surface area contributed by atoms with Crippen LogP contribution in [0.25, 0.3) is 6.08 Å². The van der Waals surface area contributed by atoms with Crippen LogP contribution in [0.1, 0.15) is 18.1 Å². The van der Waals surface area contributed by atoms with Gasteiger partial charge in [0.1, 0.15) is 6.04 Å². The highest BCUT2D eigenvalue weighted by molar-refractivity contribution is 6.42. The van der Waals surface area contributed by atoms with E-state index in [0.29, 0.717) is 16.6 Å². The summed E-state index contributed by atoms with van der Waals surface area (Å²) in [4.78, 5) is 26.0. The van der Waals surface area contributed by atoms with Gasteiger partial charge in [0.05, 0.1) is 10.0 Å². The summed E-state index contributed by atoms with van der Waals surface area (Å²) in [5.41, 5.74) is 1.66. The van der Waals surface area contributed by atoms with Gasteiger partial charge in [-0.1, -0.05) is 65.7 Å². The molecule has 2 aromatic rings. The molecule has 6 heteroatoms. The number of nitrogens with zero attached hydrogens (tertiary/aromatic N) is 1. The maximum absolute atomic E-state index is 12.5. The van der Waals surface area contributed by atoms with Gasteiger partial charge in [-0.05, 0) is 30.2 Å². The fourth-order valence-corrected chi connectivity index (χ4v) is 2.77. The van der Waals surface area contributed by atoms with E-state index in [-0.39, 0.29) is 11.8 Å². The minimum absolute atomic E-state index is 0.220. The topological polar surface area (TPSA) is 49.4 Å². The van der Waals surface area contributed by atoms with E-state index in [9.17, 15) is 9.59 Å². The summed E-state index contributed by atoms with van der Waals surface area (Å²) in [6.45, 7) is 1.95. The molecule has 0 heterocycles. The third-order valence-electron chi connectivity index (χ3n) is 3.77. The van der Waals surface area contributed by atoms with E-state index in [4.69, 9.17) is 23.2 Å². The fourth-order valence-electron chi connectivity index (χ4n) is 2.39. The Hall–Kier alpha value is -2.30. The molecule has 0 saturated heterocycles. The summed E-state index contributed by atoms with van der Waals surface area (Å²) in [6.07, 6.45) is 3.11. The largest absolute Gasteiger partial charge is 0.341 e. The molecule has 0 aliphatic heterocycles. The van der Waals surface area contributed by atoms with Gasteiger partial charge < -0.3 is 10.2 Å². The van der Waals surface area contributed by atoms with Crippen LogP contribution >= 0.6 is 23.2 Å². The van der Waals surface area contributed by atoms with Crippen LogP contribution in [0.3, 0.4) is 0 Å². The van der Waals surface area contributed by atoms with Crippen molar-refractivity contribution in [1.29, 1.82) is 0 Å². The van der Waals surface area contributed by atoms with Crippen molar-refractivity contribution in [2.24, 2.45) is 0 Å². The van der Waals surface area contributed by atoms with Crippen molar-refractivity contribution in [3.8, 4) is 0 Å². The number of carbonyl (C=O) groups excluding carboxylic acids is 2. The van der Waals surface area contributed by atoms with E-state index in [1.165, 1.54) is 11.0 Å². The van der Waals surface area contributed by atoms with Crippen LogP contribution in [0.2, 0.25) is 10.0 Å². The standard InChI is InChI=1S/C20H20Cl2N2O2/c1-14(23-18(25)12-11-15-7-4-3-5-8-15)20(26)24(2)13-16-9-6-10-17(21)19(16)22/h3-12,14H,13H2,1-2H3,(H,23,25)/b12-11+/t14-/m0/s1. The van der Waals surface area contributed by atoms with E-state index in [0.717, 1.165) is 11.1 Å². The predicted molar refractivity (Wildman–Crippen MR) is 106 cm³/mol. The number of nitrogens with one attached hydrogen (secondary N) is 1. The SMILES string of the molecule is C[C@H](NC(=O)/C=C/c1ccccc1)C(=O)N(C)Cc1cccc(Cl)c1Cl. The number of hydrogen-bond donors (Lipinski definition) is 1. The maximum Gasteiger partial charge on any atom is 0.244 e. The van der Waals surface area contributed by atoms with Crippen molar-refractivity contribution < 1.29 is 9.59 Å². The Labute approximate surface area is 163 Å². The van der Waals surface area contributed by atoms with Crippen LogP contribution in [-0.4, -0.2) is 29.8 Å². The Morgan fingerprint density at radius 3 is 2.50 bits per heavy atom. The summed E-state index contributed by atoms with van der Waals surface area (Å²) < 4.78 is 0. The van der Waals surface area contributed by atoms with Crippen LogP contribution in [0.5, 0.6) is 0 Å². The van der Waals surface area contributed by atoms with Gasteiger partial charge in [-0.25, -0.2) is 0 Å². The third-order valence-corrected chi connectivity index (χ3v) is 4.63. The molecule has 0 radical (unpaired) electrons. The molecule has 2 rings (SSSR count). The summed E-state index contributed by atoms with van der Waals surface area (Å²) in [5.74, 6) is -0.550. The van der Waals surface area contributed by atoms with E-state index in [2.05, 4.69) is 5.32 Å². The second-order valence-electron chi connectivity index (χ2n) is 5.88. The molecule has 0 bridgehead atoms. The predicted octanol–water partition coefficient (Wildman–Crippen LogP) is 4.17. The van der Waals surface area contributed by atoms with Crippen LogP contribution in [-0.2, 0) is 16.1 Å². The fraction of sp³-hybridized carbons (Fsp3) is 0.200. The molecule has 1 atom stereocenters. The van der Waals surface area contributed by atoms with E-state index < -0.39 is 6.04 Å². The lowest BCUT2D eigenvalue weighted by Gasteiger charge is -2.22. The van der Waals surface area contributed by atoms with Gasteiger partial charge in [-0.2, -0.15) is 0 Å². The number of benzene rings is 2. The van der Waals surface area contributed by atoms with Crippen LogP contribution < -0.4 is 5.32 Å². The van der Waals surface area contributed by atoms with Crippen molar-refractivity contribution in [2.75, 3.05) is 7.05 Å². The van der Waals surface area contributed by atoms with E-state index in [1.54, 1.807) is 32.2 Å². The molecule has 4 nitrogen and oxygen atoms in total. The van der Waals surface area contributed by atoms with Gasteiger partial charge in [0.2, 0.25) is 11.8 Å². The molecule has 0 aliphatic rings. The lowest BCUT2D eigenvalue weighted by Crippen LogP contribution is -2.44. The Bertz CT molecular complexity index is 807. The van der Waals surface area contributed by atoms with Crippen molar-refractivity contribution in [2.45, 2.75) is 19.5 Å². The van der Waals surface area contributed by atoms with Crippen molar-refractivity contribution in [1.82, 2.24) is 10.2 Å². The van der Waals surface area contributed by atoms with Crippen LogP contribution in [0, 0.1) is 0 Å². The first-order valence-corrected chi connectivity index (χ1v) is 8.85. The van der Waals surface area contributed by atoms with Crippen LogP contribution in [0.4, 0.5) is 0 Å². The normalized spacial score (nSPS) is 12.0. The first-order valence-electron chi connectivity index (χ1n) is 8.10. The number of hydrogen-bond acceptors (Lipinski definition) is 2. The first-order chi connectivity index (χ1) is 12.4. The monoisotopic (exact) mass is 390 g/mol. The summed E-state index contributed by atoms with van der Waals surface area (Å²) in [6, 6.07) is 14.1. The number of halogens is 2. The smallest absolute Gasteiger partial charge is 0.244 e. The second kappa shape index (κ2) is 9.41. The van der Waals surface area contributed by atoms with E-state index >= 15 is 0 Å². The summed E-state index contributed by atoms with van der Waals surface area (Å²) in [7, 11) is 1.65. The minimum atomic E-state index is -0.661. The maximum atomic E-state index is 12.5. The van der Waals surface area contributed by atoms with Crippen molar-refractivity contribution in [3.63, 3.8) is 0 Å². The number of likely N-dealkylation sites (N-methyl/N-ethyl adjacent to an activating group) is 1. The third kappa shape index (κ3) is 5.61. The lowest BCUT2D eigenvalue weighted by molar-refractivity contribution is -0.134. The Morgan fingerprint density at radius 1 is 1.12 bits per heavy atom. The number of amides is 2. The van der Waals surface area contributed by atoms with Gasteiger partial charge in [0, 0.05) is 19.7 Å². The molecule has 0 fully saturated rings. The number of carbonyl (C=O) groups is 2. The Morgan fingerprint density at radius 2 is 1.81 bits per heavy atom. The molecule has 136 valence electrons. The van der Waals surface area contributed by atoms with Gasteiger partial charge in [0.15, 0.2) is 0 Å². The van der Waals surface area contributed by atoms with Crippen molar-refractivity contribution >= 4 is 41.1 Å². The van der Waals surface area contributed by atoms with Gasteiger partial charge in [-0.15, -0.1) is 0 Å². The molecular weight excluding hydrogens is 371 g/mol. The average Bonchev–Trinajstić information content (AvgIpc) is 2.64. The molecule has 2 amide bonds. The minimum Gasteiger partial charge on any atom is -0.341 e. The van der Waals surface area contributed by atoms with Gasteiger partial charge in [0.25, 0.3) is 0 Å². The molecule has 1 N–H and O–H groups in total. The Kier molecular flexibility index (Phi) is 7.25. The van der Waals surface area contributed by atoms with Crippen LogP contribution in [0.15, 0.2) is 54.6 Å². The zero-order valence-electron chi connectivity index (χ0n) is 14.6. The van der Waals surface area contributed by atoms with Gasteiger partial charge in [-0.3, -0.25) is 9.59 Å². The molecule has 26 heavy (non-hydrogen) atoms. The highest BCUT2D eigenvalue weighted by Gasteiger charge is 2.19. The van der Waals surface area contributed by atoms with E-state index in [1.807, 2.05) is 36.4 Å². The molecule has 0 aliphatic carbocycles. The van der Waals surface area contributed by atoms with Crippen molar-refractivity contribution in [3.05, 3.63) is 75.8 Å². The average molecular weight is 391 g/mol. The van der Waals surface area contributed by atoms with Gasteiger partial charge >= 0.3 is 0 Å². The zero-order valence-corrected chi connectivity index (χ0v) is 16.1. The Balaban J connectivity index is 1.92. The molecule has 0 unspecified atom stereocenters. The summed E-state index contributed by atoms with van der Waals surface area (Å²) in [5, 5.41) is 3.54. The molecule has 0 spiro atoms. The molecule has 2 aromatic carbocycles. The zero-order chi connectivity index (χ0) is 19.1. The second-order valence-corrected chi connectivity index (χ2v) is 6.67. The molecule has 0 aromatic heterocycles. The summed E-state index contributed by atoms with van der Waals surface area (Å²) >= 11 is 12.2. The molecular formula is C20H20Cl2N2O2. The molecule has 0 saturated carbocycles. The lowest BCUT2D eigenvalue weighted by atomic mass is 10.2. The number of rotatable bonds is 6. The first kappa shape index (κ1) is 20.0.